The van der Waals surface area contributed by atoms with Gasteiger partial charge in [0.2, 0.25) is 0 Å². The highest BCUT2D eigenvalue weighted by Gasteiger charge is 2.28. The van der Waals surface area contributed by atoms with Crippen molar-refractivity contribution in [3.8, 4) is 0 Å². The fourth-order valence-corrected chi connectivity index (χ4v) is 5.08. The van der Waals surface area contributed by atoms with Gasteiger partial charge in [-0.25, -0.2) is 14.4 Å². The van der Waals surface area contributed by atoms with Crippen molar-refractivity contribution < 1.29 is 9.18 Å². The lowest BCUT2D eigenvalue weighted by Crippen LogP contribution is -2.39. The zero-order valence-corrected chi connectivity index (χ0v) is 16.9. The summed E-state index contributed by atoms with van der Waals surface area (Å²) >= 11 is 3.16. The Morgan fingerprint density at radius 3 is 2.86 bits per heavy atom. The van der Waals surface area contributed by atoms with Crippen LogP contribution in [0, 0.1) is 5.82 Å². The Hall–Kier alpha value is -2.25. The molecule has 3 aromatic rings. The van der Waals surface area contributed by atoms with E-state index in [-0.39, 0.29) is 11.7 Å². The summed E-state index contributed by atoms with van der Waals surface area (Å²) in [5.41, 5.74) is 1.63. The van der Waals surface area contributed by atoms with Crippen LogP contribution < -0.4 is 0 Å². The summed E-state index contributed by atoms with van der Waals surface area (Å²) < 4.78 is 13.1. The number of aromatic nitrogens is 2. The van der Waals surface area contributed by atoms with Crippen LogP contribution in [0.1, 0.15) is 39.7 Å². The quantitative estimate of drug-likeness (QED) is 0.553. The van der Waals surface area contributed by atoms with Crippen molar-refractivity contribution in [2.75, 3.05) is 13.1 Å². The van der Waals surface area contributed by atoms with E-state index < -0.39 is 0 Å². The van der Waals surface area contributed by atoms with Gasteiger partial charge in [0, 0.05) is 42.5 Å². The first-order valence-corrected chi connectivity index (χ1v) is 11.1. The molecule has 3 heterocycles. The number of carbonyl (C=O) groups excluding carboxylic acids is 1. The summed E-state index contributed by atoms with van der Waals surface area (Å²) in [6, 6.07) is 10.1. The van der Waals surface area contributed by atoms with Gasteiger partial charge in [-0.15, -0.1) is 23.1 Å². The van der Waals surface area contributed by atoms with Gasteiger partial charge in [0.25, 0.3) is 5.91 Å². The van der Waals surface area contributed by atoms with E-state index in [1.165, 1.54) is 23.9 Å². The van der Waals surface area contributed by atoms with E-state index in [0.717, 1.165) is 30.0 Å². The molecule has 1 atom stereocenters. The summed E-state index contributed by atoms with van der Waals surface area (Å²) in [5.74, 6) is 0.724. The molecule has 1 saturated heterocycles. The highest BCUT2D eigenvalue weighted by molar-refractivity contribution is 7.98. The van der Waals surface area contributed by atoms with E-state index >= 15 is 0 Å². The molecule has 1 aliphatic heterocycles. The van der Waals surface area contributed by atoms with Crippen LogP contribution in [0.5, 0.6) is 0 Å². The largest absolute Gasteiger partial charge is 0.338 e. The predicted molar refractivity (Wildman–Crippen MR) is 110 cm³/mol. The molecular formula is C21H20FN3OS2. The minimum Gasteiger partial charge on any atom is -0.338 e. The molecule has 0 radical (unpaired) electrons. The lowest BCUT2D eigenvalue weighted by atomic mass is 9.98. The fourth-order valence-electron chi connectivity index (χ4n) is 3.37. The lowest BCUT2D eigenvalue weighted by Gasteiger charge is -2.32. The third-order valence-electron chi connectivity index (χ3n) is 4.80. The van der Waals surface area contributed by atoms with Gasteiger partial charge in [-0.3, -0.25) is 4.79 Å². The van der Waals surface area contributed by atoms with Crippen molar-refractivity contribution in [3.63, 3.8) is 0 Å². The zero-order chi connectivity index (χ0) is 19.3. The van der Waals surface area contributed by atoms with Crippen LogP contribution in [0.3, 0.4) is 0 Å². The number of amides is 1. The molecule has 28 heavy (non-hydrogen) atoms. The number of hydrogen-bond acceptors (Lipinski definition) is 5. The Balaban J connectivity index is 1.47. The van der Waals surface area contributed by atoms with Crippen molar-refractivity contribution in [2.24, 2.45) is 0 Å². The monoisotopic (exact) mass is 413 g/mol. The van der Waals surface area contributed by atoms with Gasteiger partial charge < -0.3 is 4.90 Å². The number of thioether (sulfide) groups is 1. The van der Waals surface area contributed by atoms with Crippen LogP contribution >= 0.6 is 23.1 Å². The fraction of sp³-hybridized carbons (Fsp3) is 0.286. The predicted octanol–water partition coefficient (Wildman–Crippen LogP) is 4.99. The topological polar surface area (TPSA) is 46.1 Å². The van der Waals surface area contributed by atoms with E-state index in [1.807, 2.05) is 22.5 Å². The molecular weight excluding hydrogens is 393 g/mol. The van der Waals surface area contributed by atoms with Crippen molar-refractivity contribution in [1.82, 2.24) is 14.9 Å². The first-order chi connectivity index (χ1) is 13.7. The second-order valence-electron chi connectivity index (χ2n) is 6.73. The van der Waals surface area contributed by atoms with Gasteiger partial charge in [0.05, 0.1) is 10.6 Å². The summed E-state index contributed by atoms with van der Waals surface area (Å²) in [6.45, 7) is 1.46. The lowest BCUT2D eigenvalue weighted by molar-refractivity contribution is 0.0702. The van der Waals surface area contributed by atoms with Crippen LogP contribution in [0.15, 0.2) is 59.2 Å². The summed E-state index contributed by atoms with van der Waals surface area (Å²) in [6.07, 6.45) is 5.58. The number of pyridine rings is 1. The zero-order valence-electron chi connectivity index (χ0n) is 15.3. The van der Waals surface area contributed by atoms with Gasteiger partial charge in [0.1, 0.15) is 10.8 Å². The van der Waals surface area contributed by atoms with Crippen LogP contribution in [0.4, 0.5) is 4.39 Å². The number of thiazole rings is 1. The Bertz CT molecular complexity index is 931. The van der Waals surface area contributed by atoms with Crippen molar-refractivity contribution in [1.29, 1.82) is 0 Å². The number of hydrogen-bond donors (Lipinski definition) is 0. The molecule has 4 rings (SSSR count). The van der Waals surface area contributed by atoms with Gasteiger partial charge in [-0.2, -0.15) is 0 Å². The first-order valence-electron chi connectivity index (χ1n) is 9.21. The van der Waals surface area contributed by atoms with Crippen LogP contribution in [-0.2, 0) is 5.75 Å². The molecule has 2 aromatic heterocycles. The number of rotatable bonds is 5. The third kappa shape index (κ3) is 4.42. The average molecular weight is 414 g/mol. The van der Waals surface area contributed by atoms with E-state index in [9.17, 15) is 9.18 Å². The van der Waals surface area contributed by atoms with Crippen molar-refractivity contribution >= 4 is 29.0 Å². The molecule has 1 fully saturated rings. The Labute approximate surface area is 171 Å². The molecule has 7 heteroatoms. The molecule has 0 aliphatic carbocycles. The minimum atomic E-state index is -0.248. The smallest absolute Gasteiger partial charge is 0.256 e. The van der Waals surface area contributed by atoms with Crippen molar-refractivity contribution in [2.45, 2.75) is 29.5 Å². The summed E-state index contributed by atoms with van der Waals surface area (Å²) in [4.78, 5) is 24.0. The second kappa shape index (κ2) is 8.84. The number of carbonyl (C=O) groups is 1. The number of benzene rings is 1. The molecule has 1 unspecified atom stereocenters. The van der Waals surface area contributed by atoms with Crippen LogP contribution in [-0.4, -0.2) is 33.9 Å². The standard InChI is InChI=1S/C21H20FN3OS2/c22-17-7-5-15(6-8-17)14-28-20-18(4-1-9-23-20)21(26)25-11-2-3-16(13-25)19-24-10-12-27-19/h1,4-10,12,16H,2-3,11,13-14H2. The molecule has 0 spiro atoms. The minimum absolute atomic E-state index is 0.0240. The maximum atomic E-state index is 13.2. The van der Waals surface area contributed by atoms with Crippen LogP contribution in [0.2, 0.25) is 0 Å². The van der Waals surface area contributed by atoms with Gasteiger partial charge in [-0.05, 0) is 42.7 Å². The molecule has 1 amide bonds. The second-order valence-corrected chi connectivity index (χ2v) is 8.62. The molecule has 0 N–H and O–H groups in total. The van der Waals surface area contributed by atoms with Gasteiger partial charge in [-0.1, -0.05) is 12.1 Å². The molecule has 1 aromatic carbocycles. The van der Waals surface area contributed by atoms with E-state index in [1.54, 1.807) is 35.7 Å². The number of halogens is 1. The van der Waals surface area contributed by atoms with E-state index in [2.05, 4.69) is 9.97 Å². The average Bonchev–Trinajstić information content (AvgIpc) is 3.28. The van der Waals surface area contributed by atoms with Gasteiger partial charge in [0.15, 0.2) is 0 Å². The number of likely N-dealkylation sites (tertiary alicyclic amines) is 1. The molecule has 1 aliphatic rings. The molecule has 144 valence electrons. The number of piperidine rings is 1. The van der Waals surface area contributed by atoms with Crippen LogP contribution in [0.25, 0.3) is 0 Å². The van der Waals surface area contributed by atoms with Crippen molar-refractivity contribution in [3.05, 3.63) is 76.1 Å². The van der Waals surface area contributed by atoms with Gasteiger partial charge >= 0.3 is 0 Å². The van der Waals surface area contributed by atoms with E-state index in [0.29, 0.717) is 28.8 Å². The Kier molecular flexibility index (Phi) is 6.02. The highest BCUT2D eigenvalue weighted by Crippen LogP contribution is 2.31. The van der Waals surface area contributed by atoms with E-state index in [4.69, 9.17) is 0 Å². The first kappa shape index (κ1) is 19.1. The summed E-state index contributed by atoms with van der Waals surface area (Å²) in [5, 5.41) is 3.81. The maximum Gasteiger partial charge on any atom is 0.256 e. The maximum absolute atomic E-state index is 13.2. The third-order valence-corrected chi connectivity index (χ3v) is 6.81. The Morgan fingerprint density at radius 2 is 2.07 bits per heavy atom. The SMILES string of the molecule is O=C(c1cccnc1SCc1ccc(F)cc1)N1CCCC(c2nccs2)C1. The highest BCUT2D eigenvalue weighted by atomic mass is 32.2. The molecule has 0 bridgehead atoms. The molecule has 4 nitrogen and oxygen atoms in total. The summed E-state index contributed by atoms with van der Waals surface area (Å²) in [7, 11) is 0. The molecule has 0 saturated carbocycles. The normalized spacial score (nSPS) is 16.9. The Morgan fingerprint density at radius 1 is 1.21 bits per heavy atom. The number of nitrogens with zero attached hydrogens (tertiary/aromatic N) is 3.